The highest BCUT2D eigenvalue weighted by Crippen LogP contribution is 2.29. The van der Waals surface area contributed by atoms with E-state index in [4.69, 9.17) is 0 Å². The van der Waals surface area contributed by atoms with Crippen LogP contribution in [-0.4, -0.2) is 28.5 Å². The molecule has 7 nitrogen and oxygen atoms in total. The summed E-state index contributed by atoms with van der Waals surface area (Å²) < 4.78 is 52.7. The largest absolute Gasteiger partial charge is 0.280 e. The van der Waals surface area contributed by atoms with Crippen LogP contribution in [0.2, 0.25) is 0 Å². The van der Waals surface area contributed by atoms with Crippen molar-refractivity contribution in [2.24, 2.45) is 5.92 Å². The molecule has 3 rings (SSSR count). The molecule has 1 N–H and O–H groups in total. The van der Waals surface area contributed by atoms with Gasteiger partial charge in [0.1, 0.15) is 0 Å². The van der Waals surface area contributed by atoms with Crippen LogP contribution in [-0.2, 0) is 24.8 Å². The molecule has 9 heteroatoms. The zero-order valence-electron chi connectivity index (χ0n) is 15.1. The highest BCUT2D eigenvalue weighted by molar-refractivity contribution is 7.94. The second-order valence-corrected chi connectivity index (χ2v) is 10.3. The second-order valence-electron chi connectivity index (χ2n) is 6.76. The number of nitrogens with one attached hydrogen (secondary N) is 1. The van der Waals surface area contributed by atoms with Crippen molar-refractivity contribution in [2.75, 3.05) is 14.8 Å². The van der Waals surface area contributed by atoms with E-state index in [0.717, 1.165) is 15.4 Å². The van der Waals surface area contributed by atoms with Crippen LogP contribution in [0.4, 0.5) is 11.4 Å². The van der Waals surface area contributed by atoms with Crippen molar-refractivity contribution in [1.29, 1.82) is 0 Å². The summed E-state index contributed by atoms with van der Waals surface area (Å²) in [6.45, 7) is 5.29. The predicted molar refractivity (Wildman–Crippen MR) is 104 cm³/mol. The molecule has 27 heavy (non-hydrogen) atoms. The van der Waals surface area contributed by atoms with Gasteiger partial charge in [0.05, 0.1) is 22.3 Å². The average Bonchev–Trinajstić information content (AvgIpc) is 2.73. The molecule has 1 aliphatic rings. The SMILES string of the molecule is Cc1cc(C)cc(NS(=O)(=O)c2ccc(N3C(=O)[C@H](C)CS3(=O)=O)cc2)c1. The summed E-state index contributed by atoms with van der Waals surface area (Å²) in [6.07, 6.45) is 0. The van der Waals surface area contributed by atoms with E-state index < -0.39 is 31.9 Å². The monoisotopic (exact) mass is 408 g/mol. The average molecular weight is 409 g/mol. The first-order valence-corrected chi connectivity index (χ1v) is 11.4. The quantitative estimate of drug-likeness (QED) is 0.837. The van der Waals surface area contributed by atoms with Crippen LogP contribution in [0, 0.1) is 19.8 Å². The third kappa shape index (κ3) is 3.84. The molecule has 144 valence electrons. The Morgan fingerprint density at radius 3 is 2.07 bits per heavy atom. The number of hydrogen-bond donors (Lipinski definition) is 1. The van der Waals surface area contributed by atoms with Gasteiger partial charge in [-0.3, -0.25) is 9.52 Å². The van der Waals surface area contributed by atoms with Gasteiger partial charge in [0.15, 0.2) is 0 Å². The molecule has 1 aliphatic heterocycles. The lowest BCUT2D eigenvalue weighted by molar-refractivity contribution is -0.119. The van der Waals surface area contributed by atoms with Gasteiger partial charge in [0, 0.05) is 5.69 Å². The van der Waals surface area contributed by atoms with Gasteiger partial charge in [0.2, 0.25) is 15.9 Å². The zero-order chi connectivity index (χ0) is 20.0. The summed E-state index contributed by atoms with van der Waals surface area (Å²) in [7, 11) is -7.57. The maximum absolute atomic E-state index is 12.6. The predicted octanol–water partition coefficient (Wildman–Crippen LogP) is 2.42. The standard InChI is InChI=1S/C18H20N2O5S2/c1-12-8-13(2)10-15(9-12)19-27(24,25)17-6-4-16(5-7-17)20-18(21)14(3)11-26(20,22)23/h4-10,14,19H,11H2,1-3H3/t14-/m1/s1. The van der Waals surface area contributed by atoms with Crippen LogP contribution < -0.4 is 9.03 Å². The minimum Gasteiger partial charge on any atom is -0.280 e. The summed E-state index contributed by atoms with van der Waals surface area (Å²) in [5, 5.41) is 0. The minimum absolute atomic E-state index is 0.0255. The molecular formula is C18H20N2O5S2. The first-order chi connectivity index (χ1) is 12.5. The third-order valence-corrected chi connectivity index (χ3v) is 7.48. The second kappa shape index (κ2) is 6.65. The summed E-state index contributed by atoms with van der Waals surface area (Å²) >= 11 is 0. The van der Waals surface area contributed by atoms with Gasteiger partial charge in [-0.1, -0.05) is 13.0 Å². The van der Waals surface area contributed by atoms with Gasteiger partial charge in [0.25, 0.3) is 10.0 Å². The van der Waals surface area contributed by atoms with E-state index >= 15 is 0 Å². The number of anilines is 2. The first kappa shape index (κ1) is 19.4. The van der Waals surface area contributed by atoms with E-state index in [1.807, 2.05) is 19.9 Å². The molecule has 2 aromatic carbocycles. The molecular weight excluding hydrogens is 388 g/mol. The Morgan fingerprint density at radius 1 is 1.04 bits per heavy atom. The fourth-order valence-corrected chi connectivity index (χ4v) is 5.96. The van der Waals surface area contributed by atoms with E-state index in [2.05, 4.69) is 4.72 Å². The number of carbonyl (C=O) groups is 1. The number of amides is 1. The van der Waals surface area contributed by atoms with Crippen LogP contribution in [0.5, 0.6) is 0 Å². The fourth-order valence-electron chi connectivity index (χ4n) is 3.10. The summed E-state index contributed by atoms with van der Waals surface area (Å²) in [4.78, 5) is 12.1. The third-order valence-electron chi connectivity index (χ3n) is 4.22. The number of carbonyl (C=O) groups excluding carboxylic acids is 1. The molecule has 1 heterocycles. The van der Waals surface area contributed by atoms with E-state index in [1.54, 1.807) is 19.1 Å². The van der Waals surface area contributed by atoms with Crippen molar-refractivity contribution >= 4 is 37.3 Å². The van der Waals surface area contributed by atoms with Gasteiger partial charge < -0.3 is 0 Å². The molecule has 0 aromatic heterocycles. The van der Waals surface area contributed by atoms with Crippen LogP contribution in [0.25, 0.3) is 0 Å². The van der Waals surface area contributed by atoms with Gasteiger partial charge in [-0.05, 0) is 61.4 Å². The number of rotatable bonds is 4. The molecule has 1 amide bonds. The van der Waals surface area contributed by atoms with E-state index in [0.29, 0.717) is 5.69 Å². The Labute approximate surface area is 159 Å². The number of hydrogen-bond acceptors (Lipinski definition) is 5. The Morgan fingerprint density at radius 2 is 1.59 bits per heavy atom. The first-order valence-electron chi connectivity index (χ1n) is 8.28. The molecule has 0 bridgehead atoms. The molecule has 2 aromatic rings. The summed E-state index contributed by atoms with van der Waals surface area (Å²) in [6, 6.07) is 10.6. The maximum Gasteiger partial charge on any atom is 0.261 e. The number of benzene rings is 2. The highest BCUT2D eigenvalue weighted by Gasteiger charge is 2.41. The Hall–Kier alpha value is -2.39. The molecule has 0 radical (unpaired) electrons. The van der Waals surface area contributed by atoms with E-state index in [1.165, 1.54) is 24.3 Å². The number of aryl methyl sites for hydroxylation is 2. The van der Waals surface area contributed by atoms with Gasteiger partial charge in [-0.2, -0.15) is 0 Å². The van der Waals surface area contributed by atoms with Crippen LogP contribution >= 0.6 is 0 Å². The molecule has 0 aliphatic carbocycles. The van der Waals surface area contributed by atoms with Crippen LogP contribution in [0.1, 0.15) is 18.1 Å². The smallest absolute Gasteiger partial charge is 0.261 e. The number of sulfonamides is 2. The normalized spacial score (nSPS) is 19.3. The summed E-state index contributed by atoms with van der Waals surface area (Å²) in [5.74, 6) is -1.39. The van der Waals surface area contributed by atoms with Crippen molar-refractivity contribution in [3.63, 3.8) is 0 Å². The van der Waals surface area contributed by atoms with Crippen molar-refractivity contribution < 1.29 is 21.6 Å². The topological polar surface area (TPSA) is 101 Å². The van der Waals surface area contributed by atoms with Crippen molar-refractivity contribution in [2.45, 2.75) is 25.7 Å². The molecule has 1 fully saturated rings. The molecule has 1 atom stereocenters. The van der Waals surface area contributed by atoms with Crippen molar-refractivity contribution in [3.8, 4) is 0 Å². The van der Waals surface area contributed by atoms with E-state index in [9.17, 15) is 21.6 Å². The Kier molecular flexibility index (Phi) is 4.77. The molecule has 0 spiro atoms. The van der Waals surface area contributed by atoms with Crippen molar-refractivity contribution in [3.05, 3.63) is 53.6 Å². The Balaban J connectivity index is 1.89. The molecule has 0 saturated carbocycles. The lowest BCUT2D eigenvalue weighted by Crippen LogP contribution is -2.30. The molecule has 0 unspecified atom stereocenters. The zero-order valence-corrected chi connectivity index (χ0v) is 16.8. The van der Waals surface area contributed by atoms with Gasteiger partial charge >= 0.3 is 0 Å². The fraction of sp³-hybridized carbons (Fsp3) is 0.278. The van der Waals surface area contributed by atoms with Gasteiger partial charge in [-0.25, -0.2) is 21.1 Å². The lowest BCUT2D eigenvalue weighted by atomic mass is 10.1. The highest BCUT2D eigenvalue weighted by atomic mass is 32.2. The van der Waals surface area contributed by atoms with Gasteiger partial charge in [-0.15, -0.1) is 0 Å². The van der Waals surface area contributed by atoms with E-state index in [-0.39, 0.29) is 16.3 Å². The van der Waals surface area contributed by atoms with Crippen LogP contribution in [0.3, 0.4) is 0 Å². The lowest BCUT2D eigenvalue weighted by Gasteiger charge is -2.16. The molecule has 1 saturated heterocycles. The van der Waals surface area contributed by atoms with Crippen LogP contribution in [0.15, 0.2) is 47.4 Å². The minimum atomic E-state index is -3.84. The summed E-state index contributed by atoms with van der Waals surface area (Å²) in [5.41, 5.74) is 2.43. The van der Waals surface area contributed by atoms with Crippen molar-refractivity contribution in [1.82, 2.24) is 0 Å². The maximum atomic E-state index is 12.6. The Bertz CT molecular complexity index is 1090. The number of nitrogens with zero attached hydrogens (tertiary/aromatic N) is 1.